The molecule has 2 aromatic carbocycles. The minimum atomic E-state index is -0.345. The smallest absolute Gasteiger partial charge is 0.255 e. The van der Waals surface area contributed by atoms with E-state index in [4.69, 9.17) is 37.4 Å². The number of hydrogen-bond donors (Lipinski definition) is 1. The zero-order valence-corrected chi connectivity index (χ0v) is 16.7. The van der Waals surface area contributed by atoms with Crippen molar-refractivity contribution in [3.63, 3.8) is 0 Å². The SMILES string of the molecule is COc1cc(Cl)c(NC(=O)c2ccc(OC)c(OC3CCCC3)c2)c(Cl)c1. The fourth-order valence-electron chi connectivity index (χ4n) is 3.07. The van der Waals surface area contributed by atoms with Crippen molar-refractivity contribution in [3.05, 3.63) is 45.9 Å². The minimum Gasteiger partial charge on any atom is -0.497 e. The fraction of sp³-hybridized carbons (Fsp3) is 0.350. The van der Waals surface area contributed by atoms with Gasteiger partial charge in [-0.2, -0.15) is 0 Å². The highest BCUT2D eigenvalue weighted by Gasteiger charge is 2.20. The number of halogens is 2. The second kappa shape index (κ2) is 8.72. The van der Waals surface area contributed by atoms with Gasteiger partial charge in [0.15, 0.2) is 11.5 Å². The Kier molecular flexibility index (Phi) is 6.34. The Bertz CT molecular complexity index is 812. The monoisotopic (exact) mass is 409 g/mol. The summed E-state index contributed by atoms with van der Waals surface area (Å²) in [6.45, 7) is 0. The molecule has 0 aliphatic heterocycles. The van der Waals surface area contributed by atoms with Crippen LogP contribution in [-0.4, -0.2) is 26.2 Å². The number of carbonyl (C=O) groups is 1. The molecule has 1 saturated carbocycles. The zero-order valence-electron chi connectivity index (χ0n) is 15.2. The molecule has 27 heavy (non-hydrogen) atoms. The van der Waals surface area contributed by atoms with Crippen molar-refractivity contribution in [3.8, 4) is 17.2 Å². The Balaban J connectivity index is 1.82. The maximum atomic E-state index is 12.7. The van der Waals surface area contributed by atoms with Crippen LogP contribution in [0.4, 0.5) is 5.69 Å². The topological polar surface area (TPSA) is 56.8 Å². The quantitative estimate of drug-likeness (QED) is 0.675. The summed E-state index contributed by atoms with van der Waals surface area (Å²) in [5, 5.41) is 3.34. The standard InChI is InChI=1S/C20H21Cl2NO4/c1-25-14-10-15(21)19(16(22)11-14)23-20(24)12-7-8-17(26-2)18(9-12)27-13-5-3-4-6-13/h7-11,13H,3-6H2,1-2H3,(H,23,24). The summed E-state index contributed by atoms with van der Waals surface area (Å²) in [6, 6.07) is 8.24. The predicted octanol–water partition coefficient (Wildman–Crippen LogP) is 5.58. The van der Waals surface area contributed by atoms with Crippen LogP contribution in [0, 0.1) is 0 Å². The molecule has 1 N–H and O–H groups in total. The Hall–Kier alpha value is -2.11. The largest absolute Gasteiger partial charge is 0.497 e. The predicted molar refractivity (Wildman–Crippen MR) is 107 cm³/mol. The lowest BCUT2D eigenvalue weighted by Gasteiger charge is -2.17. The minimum absolute atomic E-state index is 0.155. The van der Waals surface area contributed by atoms with Crippen molar-refractivity contribution in [2.24, 2.45) is 0 Å². The van der Waals surface area contributed by atoms with E-state index in [9.17, 15) is 4.79 Å². The van der Waals surface area contributed by atoms with Crippen molar-refractivity contribution in [1.29, 1.82) is 0 Å². The summed E-state index contributed by atoms with van der Waals surface area (Å²) in [6.07, 6.45) is 4.49. The number of anilines is 1. The molecule has 0 radical (unpaired) electrons. The van der Waals surface area contributed by atoms with Gasteiger partial charge in [0.2, 0.25) is 0 Å². The van der Waals surface area contributed by atoms with Crippen LogP contribution < -0.4 is 19.5 Å². The molecule has 0 spiro atoms. The van der Waals surface area contributed by atoms with Crippen LogP contribution in [0.5, 0.6) is 17.2 Å². The highest BCUT2D eigenvalue weighted by Crippen LogP contribution is 2.36. The van der Waals surface area contributed by atoms with Gasteiger partial charge in [0.25, 0.3) is 5.91 Å². The van der Waals surface area contributed by atoms with Crippen LogP contribution in [0.3, 0.4) is 0 Å². The molecular formula is C20H21Cl2NO4. The first-order valence-electron chi connectivity index (χ1n) is 8.71. The molecule has 1 amide bonds. The first-order valence-corrected chi connectivity index (χ1v) is 9.46. The molecule has 3 rings (SSSR count). The molecule has 7 heteroatoms. The summed E-state index contributed by atoms with van der Waals surface area (Å²) in [4.78, 5) is 12.7. The third-order valence-corrected chi connectivity index (χ3v) is 5.11. The normalized spacial score (nSPS) is 14.1. The maximum Gasteiger partial charge on any atom is 0.255 e. The van der Waals surface area contributed by atoms with E-state index < -0.39 is 0 Å². The Morgan fingerprint density at radius 1 is 1.00 bits per heavy atom. The maximum absolute atomic E-state index is 12.7. The average Bonchev–Trinajstić information content (AvgIpc) is 3.17. The third kappa shape index (κ3) is 4.60. The number of amides is 1. The first kappa shape index (κ1) is 19.6. The molecule has 2 aromatic rings. The molecule has 0 saturated heterocycles. The van der Waals surface area contributed by atoms with Crippen LogP contribution in [-0.2, 0) is 0 Å². The van der Waals surface area contributed by atoms with E-state index in [2.05, 4.69) is 5.32 Å². The Morgan fingerprint density at radius 2 is 1.67 bits per heavy atom. The molecule has 1 aliphatic rings. The van der Waals surface area contributed by atoms with E-state index in [1.54, 1.807) is 37.4 Å². The molecule has 0 aromatic heterocycles. The van der Waals surface area contributed by atoms with E-state index in [0.717, 1.165) is 25.7 Å². The lowest BCUT2D eigenvalue weighted by Crippen LogP contribution is -2.15. The second-order valence-corrected chi connectivity index (χ2v) is 7.12. The van der Waals surface area contributed by atoms with Crippen molar-refractivity contribution in [1.82, 2.24) is 0 Å². The molecule has 0 bridgehead atoms. The second-order valence-electron chi connectivity index (χ2n) is 6.31. The van der Waals surface area contributed by atoms with E-state index in [-0.39, 0.29) is 12.0 Å². The lowest BCUT2D eigenvalue weighted by molar-refractivity contribution is 0.102. The van der Waals surface area contributed by atoms with Gasteiger partial charge < -0.3 is 19.5 Å². The van der Waals surface area contributed by atoms with Crippen molar-refractivity contribution in [2.45, 2.75) is 31.8 Å². The number of ether oxygens (including phenoxy) is 3. The summed E-state index contributed by atoms with van der Waals surface area (Å²) >= 11 is 12.4. The first-order chi connectivity index (χ1) is 13.0. The summed E-state index contributed by atoms with van der Waals surface area (Å²) in [5.41, 5.74) is 0.755. The zero-order chi connectivity index (χ0) is 19.4. The number of nitrogens with one attached hydrogen (secondary N) is 1. The molecule has 144 valence electrons. The summed E-state index contributed by atoms with van der Waals surface area (Å²) in [5.74, 6) is 1.32. The number of benzene rings is 2. The van der Waals surface area contributed by atoms with Crippen LogP contribution in [0.25, 0.3) is 0 Å². The summed E-state index contributed by atoms with van der Waals surface area (Å²) in [7, 11) is 3.09. The molecule has 1 aliphatic carbocycles. The van der Waals surface area contributed by atoms with Gasteiger partial charge >= 0.3 is 0 Å². The Labute approximate surface area is 168 Å². The third-order valence-electron chi connectivity index (χ3n) is 4.51. The Morgan fingerprint density at radius 3 is 2.26 bits per heavy atom. The van der Waals surface area contributed by atoms with Crippen molar-refractivity contribution < 1.29 is 19.0 Å². The average molecular weight is 410 g/mol. The number of rotatable bonds is 6. The van der Waals surface area contributed by atoms with E-state index in [0.29, 0.717) is 38.5 Å². The highest BCUT2D eigenvalue weighted by molar-refractivity contribution is 6.40. The van der Waals surface area contributed by atoms with Crippen LogP contribution >= 0.6 is 23.2 Å². The van der Waals surface area contributed by atoms with Gasteiger partial charge in [0, 0.05) is 17.7 Å². The highest BCUT2D eigenvalue weighted by atomic mass is 35.5. The van der Waals surface area contributed by atoms with Crippen LogP contribution in [0.1, 0.15) is 36.0 Å². The summed E-state index contributed by atoms with van der Waals surface area (Å²) < 4.78 is 16.5. The molecule has 0 atom stereocenters. The van der Waals surface area contributed by atoms with E-state index in [1.807, 2.05) is 0 Å². The fourth-order valence-corrected chi connectivity index (χ4v) is 3.63. The number of methoxy groups -OCH3 is 2. The van der Waals surface area contributed by atoms with E-state index >= 15 is 0 Å². The van der Waals surface area contributed by atoms with Gasteiger partial charge in [-0.3, -0.25) is 4.79 Å². The van der Waals surface area contributed by atoms with Gasteiger partial charge in [-0.25, -0.2) is 0 Å². The lowest BCUT2D eigenvalue weighted by atomic mass is 10.1. The van der Waals surface area contributed by atoms with Crippen molar-refractivity contribution in [2.75, 3.05) is 19.5 Å². The van der Waals surface area contributed by atoms with Gasteiger partial charge in [-0.05, 0) is 43.9 Å². The van der Waals surface area contributed by atoms with Gasteiger partial charge in [-0.15, -0.1) is 0 Å². The molecule has 5 nitrogen and oxygen atoms in total. The van der Waals surface area contributed by atoms with Crippen LogP contribution in [0.2, 0.25) is 10.0 Å². The molecule has 0 unspecified atom stereocenters. The van der Waals surface area contributed by atoms with Gasteiger partial charge in [0.05, 0.1) is 36.1 Å². The van der Waals surface area contributed by atoms with Crippen molar-refractivity contribution >= 4 is 34.8 Å². The van der Waals surface area contributed by atoms with Gasteiger partial charge in [-0.1, -0.05) is 23.2 Å². The van der Waals surface area contributed by atoms with Gasteiger partial charge in [0.1, 0.15) is 5.75 Å². The van der Waals surface area contributed by atoms with E-state index in [1.165, 1.54) is 7.11 Å². The molecule has 0 heterocycles. The molecule has 1 fully saturated rings. The van der Waals surface area contributed by atoms with Crippen LogP contribution in [0.15, 0.2) is 30.3 Å². The number of hydrogen-bond acceptors (Lipinski definition) is 4. The number of carbonyl (C=O) groups excluding carboxylic acids is 1. The molecular weight excluding hydrogens is 389 g/mol.